The zero-order valence-corrected chi connectivity index (χ0v) is 15.5. The quantitative estimate of drug-likeness (QED) is 0.724. The molecule has 0 radical (unpaired) electrons. The summed E-state index contributed by atoms with van der Waals surface area (Å²) in [6.07, 6.45) is 0. The van der Waals surface area contributed by atoms with E-state index in [2.05, 4.69) is 21.9 Å². The maximum atomic E-state index is 13.2. The van der Waals surface area contributed by atoms with Crippen molar-refractivity contribution in [3.63, 3.8) is 0 Å². The molecule has 0 fully saturated rings. The van der Waals surface area contributed by atoms with Crippen molar-refractivity contribution in [3.8, 4) is 0 Å². The SMILES string of the molecule is CN(C)Cc1ccccc1[Se](=O)c1ccccc1CN(C)C. The van der Waals surface area contributed by atoms with E-state index in [9.17, 15) is 3.83 Å². The Bertz CT molecular complexity index is 598. The van der Waals surface area contributed by atoms with Gasteiger partial charge in [0.2, 0.25) is 0 Å². The number of nitrogens with zero attached hydrogens (tertiary/aromatic N) is 2. The summed E-state index contributed by atoms with van der Waals surface area (Å²) in [6, 6.07) is 16.2. The van der Waals surface area contributed by atoms with E-state index in [0.29, 0.717) is 0 Å². The van der Waals surface area contributed by atoms with Gasteiger partial charge in [0.25, 0.3) is 0 Å². The maximum absolute atomic E-state index is 13.2. The van der Waals surface area contributed by atoms with Gasteiger partial charge in [-0.15, -0.1) is 0 Å². The Morgan fingerprint density at radius 1 is 0.727 bits per heavy atom. The minimum atomic E-state index is -2.26. The van der Waals surface area contributed by atoms with Gasteiger partial charge >= 0.3 is 137 Å². The van der Waals surface area contributed by atoms with Gasteiger partial charge in [-0.1, -0.05) is 0 Å². The van der Waals surface area contributed by atoms with Crippen LogP contribution in [0.2, 0.25) is 0 Å². The molecular formula is C18H24N2OSe. The molecule has 4 heteroatoms. The van der Waals surface area contributed by atoms with Crippen molar-refractivity contribution < 1.29 is 3.83 Å². The molecule has 0 bridgehead atoms. The molecule has 2 rings (SSSR count). The summed E-state index contributed by atoms with van der Waals surface area (Å²) in [5.41, 5.74) is 2.32. The van der Waals surface area contributed by atoms with Crippen LogP contribution in [0.15, 0.2) is 48.5 Å². The molecule has 22 heavy (non-hydrogen) atoms. The van der Waals surface area contributed by atoms with E-state index < -0.39 is 13.8 Å². The molecule has 0 N–H and O–H groups in total. The van der Waals surface area contributed by atoms with Crippen LogP contribution in [-0.2, 0) is 16.9 Å². The molecule has 0 aromatic heterocycles. The molecule has 3 nitrogen and oxygen atoms in total. The van der Waals surface area contributed by atoms with E-state index in [4.69, 9.17) is 0 Å². The van der Waals surface area contributed by atoms with Crippen molar-refractivity contribution >= 4 is 22.8 Å². The first-order valence-corrected chi connectivity index (χ1v) is 9.77. The molecule has 0 aliphatic carbocycles. The second kappa shape index (κ2) is 7.80. The first-order chi connectivity index (χ1) is 10.5. The third-order valence-corrected chi connectivity index (χ3v) is 6.67. The van der Waals surface area contributed by atoms with Crippen molar-refractivity contribution in [3.05, 3.63) is 59.7 Å². The molecule has 0 heterocycles. The van der Waals surface area contributed by atoms with E-state index in [0.717, 1.165) is 33.1 Å². The molecule has 2 aromatic rings. The molecule has 0 aliphatic rings. The van der Waals surface area contributed by atoms with Gasteiger partial charge in [-0.05, 0) is 0 Å². The Kier molecular flexibility index (Phi) is 6.04. The van der Waals surface area contributed by atoms with E-state index in [1.54, 1.807) is 0 Å². The van der Waals surface area contributed by atoms with Crippen molar-refractivity contribution in [2.45, 2.75) is 13.1 Å². The van der Waals surface area contributed by atoms with Crippen molar-refractivity contribution in [1.29, 1.82) is 0 Å². The average Bonchev–Trinajstić information content (AvgIpc) is 2.46. The van der Waals surface area contributed by atoms with E-state index in [1.165, 1.54) is 0 Å². The fraction of sp³-hybridized carbons (Fsp3) is 0.333. The normalized spacial score (nSPS) is 11.6. The number of hydrogen-bond donors (Lipinski definition) is 0. The van der Waals surface area contributed by atoms with E-state index >= 15 is 0 Å². The molecule has 0 unspecified atom stereocenters. The standard InChI is InChI=1S/C18H24N2OSe/c1-19(2)13-15-9-5-7-11-17(15)22(21)18-12-8-6-10-16(18)14-20(3)4/h5-12H,13-14H2,1-4H3. The Balaban J connectivity index is 2.41. The van der Waals surface area contributed by atoms with E-state index in [1.807, 2.05) is 64.6 Å². The van der Waals surface area contributed by atoms with Crippen LogP contribution in [0.1, 0.15) is 11.1 Å². The van der Waals surface area contributed by atoms with Crippen LogP contribution in [-0.4, -0.2) is 51.8 Å². The summed E-state index contributed by atoms with van der Waals surface area (Å²) >= 11 is -2.26. The third kappa shape index (κ3) is 4.34. The van der Waals surface area contributed by atoms with E-state index in [-0.39, 0.29) is 0 Å². The zero-order chi connectivity index (χ0) is 16.1. The average molecular weight is 363 g/mol. The van der Waals surface area contributed by atoms with Gasteiger partial charge in [0, 0.05) is 0 Å². The van der Waals surface area contributed by atoms with Gasteiger partial charge in [0.15, 0.2) is 0 Å². The molecule has 118 valence electrons. The van der Waals surface area contributed by atoms with Crippen LogP contribution < -0.4 is 8.92 Å². The monoisotopic (exact) mass is 364 g/mol. The predicted octanol–water partition coefficient (Wildman–Crippen LogP) is 1.35. The molecule has 0 saturated carbocycles. The summed E-state index contributed by atoms with van der Waals surface area (Å²) in [7, 11) is 8.15. The van der Waals surface area contributed by atoms with Crippen molar-refractivity contribution in [2.24, 2.45) is 0 Å². The second-order valence-corrected chi connectivity index (χ2v) is 8.93. The number of benzene rings is 2. The molecule has 0 saturated heterocycles. The van der Waals surface area contributed by atoms with Gasteiger partial charge < -0.3 is 0 Å². The molecule has 0 amide bonds. The van der Waals surface area contributed by atoms with Crippen molar-refractivity contribution in [1.82, 2.24) is 9.80 Å². The van der Waals surface area contributed by atoms with Gasteiger partial charge in [-0.2, -0.15) is 0 Å². The van der Waals surface area contributed by atoms with Crippen LogP contribution in [0.3, 0.4) is 0 Å². The van der Waals surface area contributed by atoms with Crippen LogP contribution in [0.5, 0.6) is 0 Å². The van der Waals surface area contributed by atoms with Gasteiger partial charge in [0.05, 0.1) is 0 Å². The number of hydrogen-bond acceptors (Lipinski definition) is 3. The minimum absolute atomic E-state index is 0.814. The summed E-state index contributed by atoms with van der Waals surface area (Å²) in [6.45, 7) is 1.63. The Labute approximate surface area is 137 Å². The van der Waals surface area contributed by atoms with Crippen LogP contribution >= 0.6 is 0 Å². The summed E-state index contributed by atoms with van der Waals surface area (Å²) in [4.78, 5) is 4.23. The van der Waals surface area contributed by atoms with Gasteiger partial charge in [-0.25, -0.2) is 0 Å². The Hall–Kier alpha value is -1.32. The van der Waals surface area contributed by atoms with Crippen molar-refractivity contribution in [2.75, 3.05) is 28.2 Å². The fourth-order valence-corrected chi connectivity index (χ4v) is 5.33. The molecule has 2 aromatic carbocycles. The number of rotatable bonds is 6. The first-order valence-electron chi connectivity index (χ1n) is 7.36. The molecule has 0 spiro atoms. The predicted molar refractivity (Wildman–Crippen MR) is 93.4 cm³/mol. The van der Waals surface area contributed by atoms with Crippen LogP contribution in [0.4, 0.5) is 0 Å². The summed E-state index contributed by atoms with van der Waals surface area (Å²) in [5.74, 6) is 0. The van der Waals surface area contributed by atoms with Gasteiger partial charge in [-0.3, -0.25) is 0 Å². The summed E-state index contributed by atoms with van der Waals surface area (Å²) < 4.78 is 15.2. The van der Waals surface area contributed by atoms with Crippen LogP contribution in [0.25, 0.3) is 0 Å². The second-order valence-electron chi connectivity index (χ2n) is 5.96. The zero-order valence-electron chi connectivity index (χ0n) is 13.7. The first kappa shape index (κ1) is 17.0. The molecular weight excluding hydrogens is 339 g/mol. The summed E-state index contributed by atoms with van der Waals surface area (Å²) in [5, 5.41) is 0. The Morgan fingerprint density at radius 2 is 1.09 bits per heavy atom. The Morgan fingerprint density at radius 3 is 1.45 bits per heavy atom. The fourth-order valence-electron chi connectivity index (χ4n) is 2.43. The molecule has 0 aliphatic heterocycles. The van der Waals surface area contributed by atoms with Gasteiger partial charge in [0.1, 0.15) is 0 Å². The third-order valence-electron chi connectivity index (χ3n) is 3.32. The molecule has 0 atom stereocenters. The van der Waals surface area contributed by atoms with Crippen LogP contribution in [0, 0.1) is 0 Å². The topological polar surface area (TPSA) is 23.6 Å².